The molecule has 0 N–H and O–H groups in total. The monoisotopic (exact) mass is 494 g/mol. The second-order valence-corrected chi connectivity index (χ2v) is 10.4. The molecule has 35 heavy (non-hydrogen) atoms. The van der Waals surface area contributed by atoms with Crippen molar-refractivity contribution in [1.82, 2.24) is 9.80 Å². The number of thiophene rings is 1. The molecule has 0 radical (unpaired) electrons. The molecule has 1 aromatic heterocycles. The zero-order chi connectivity index (χ0) is 24.0. The fraction of sp³-hybridized carbons (Fsp3) is 0.379. The quantitative estimate of drug-likeness (QED) is 0.343. The third-order valence-corrected chi connectivity index (χ3v) is 8.04. The zero-order valence-electron chi connectivity index (χ0n) is 19.9. The average Bonchev–Trinajstić information content (AvgIpc) is 3.47. The van der Waals surface area contributed by atoms with Crippen LogP contribution in [0.25, 0.3) is 6.08 Å². The number of ether oxygens (including phenoxy) is 1. The number of rotatable bonds is 9. The van der Waals surface area contributed by atoms with Gasteiger partial charge in [-0.3, -0.25) is 9.80 Å². The Hall–Kier alpha value is -2.38. The lowest BCUT2D eigenvalue weighted by molar-refractivity contribution is 0.0576. The number of likely N-dealkylation sites (tertiary alicyclic amines) is 1. The molecular weight excluding hydrogens is 462 g/mol. The first-order valence-corrected chi connectivity index (χ1v) is 13.3. The highest BCUT2D eigenvalue weighted by atomic mass is 32.1. The van der Waals surface area contributed by atoms with E-state index in [9.17, 15) is 8.78 Å². The van der Waals surface area contributed by atoms with Crippen LogP contribution in [-0.4, -0.2) is 54.7 Å². The van der Waals surface area contributed by atoms with E-state index in [0.717, 1.165) is 37.3 Å². The summed E-state index contributed by atoms with van der Waals surface area (Å²) in [5.41, 5.74) is 1.74. The van der Waals surface area contributed by atoms with E-state index in [2.05, 4.69) is 39.5 Å². The highest BCUT2D eigenvalue weighted by Crippen LogP contribution is 2.31. The molecule has 0 amide bonds. The van der Waals surface area contributed by atoms with Crippen molar-refractivity contribution in [2.24, 2.45) is 0 Å². The van der Waals surface area contributed by atoms with Crippen LogP contribution in [0, 0.1) is 11.6 Å². The molecule has 184 valence electrons. The number of hydrogen-bond acceptors (Lipinski definition) is 4. The number of benzene rings is 2. The normalized spacial score (nSPS) is 21.2. The lowest BCUT2D eigenvalue weighted by atomic mass is 10.0. The molecule has 2 atom stereocenters. The molecule has 2 unspecified atom stereocenters. The van der Waals surface area contributed by atoms with Crippen molar-refractivity contribution < 1.29 is 13.5 Å². The SMILES string of the molecule is Fc1ccc(C(OCCN2CCC3CCC(C2)N3C/C=C/c2cccs2)c2ccc(F)cc2)cc1. The molecule has 0 spiro atoms. The van der Waals surface area contributed by atoms with Gasteiger partial charge in [0.1, 0.15) is 17.7 Å². The van der Waals surface area contributed by atoms with Crippen LogP contribution in [0.1, 0.15) is 41.4 Å². The zero-order valence-corrected chi connectivity index (χ0v) is 20.7. The molecule has 3 aromatic rings. The van der Waals surface area contributed by atoms with E-state index in [4.69, 9.17) is 4.74 Å². The molecule has 2 aliphatic rings. The van der Waals surface area contributed by atoms with Gasteiger partial charge in [-0.25, -0.2) is 8.78 Å². The number of nitrogens with zero attached hydrogens (tertiary/aromatic N) is 2. The molecular formula is C29H32F2N2OS. The number of hydrogen-bond donors (Lipinski definition) is 0. The molecule has 0 aliphatic carbocycles. The summed E-state index contributed by atoms with van der Waals surface area (Å²) in [6, 6.07) is 18.3. The minimum absolute atomic E-state index is 0.277. The van der Waals surface area contributed by atoms with Crippen LogP contribution >= 0.6 is 11.3 Å². The topological polar surface area (TPSA) is 15.7 Å². The summed E-state index contributed by atoms with van der Waals surface area (Å²) in [6.45, 7) is 4.56. The number of halogens is 2. The molecule has 2 bridgehead atoms. The van der Waals surface area contributed by atoms with Gasteiger partial charge in [0.15, 0.2) is 0 Å². The van der Waals surface area contributed by atoms with Crippen molar-refractivity contribution in [3.63, 3.8) is 0 Å². The number of fused-ring (bicyclic) bond motifs is 2. The fourth-order valence-corrected chi connectivity index (χ4v) is 6.03. The van der Waals surface area contributed by atoms with Crippen LogP contribution in [0.3, 0.4) is 0 Å². The Bertz CT molecular complexity index is 1040. The van der Waals surface area contributed by atoms with Gasteiger partial charge in [-0.15, -0.1) is 11.3 Å². The van der Waals surface area contributed by atoms with Crippen molar-refractivity contribution >= 4 is 17.4 Å². The lowest BCUT2D eigenvalue weighted by Gasteiger charge is -2.28. The Morgan fingerprint density at radius 2 is 1.60 bits per heavy atom. The van der Waals surface area contributed by atoms with E-state index in [0.29, 0.717) is 18.7 Å². The van der Waals surface area contributed by atoms with Crippen molar-refractivity contribution in [2.45, 2.75) is 37.5 Å². The smallest absolute Gasteiger partial charge is 0.123 e. The molecule has 6 heteroatoms. The second kappa shape index (κ2) is 11.6. The summed E-state index contributed by atoms with van der Waals surface area (Å²) in [5, 5.41) is 2.12. The Morgan fingerprint density at radius 3 is 2.26 bits per heavy atom. The Kier molecular flexibility index (Phi) is 8.04. The van der Waals surface area contributed by atoms with Crippen molar-refractivity contribution in [3.8, 4) is 0 Å². The van der Waals surface area contributed by atoms with E-state index in [1.165, 1.54) is 48.4 Å². The molecule has 0 saturated carbocycles. The van der Waals surface area contributed by atoms with Gasteiger partial charge in [0.2, 0.25) is 0 Å². The van der Waals surface area contributed by atoms with E-state index < -0.39 is 0 Å². The maximum Gasteiger partial charge on any atom is 0.123 e. The van der Waals surface area contributed by atoms with Crippen LogP contribution in [0.4, 0.5) is 8.78 Å². The van der Waals surface area contributed by atoms with Gasteiger partial charge in [-0.05, 0) is 78.7 Å². The van der Waals surface area contributed by atoms with Gasteiger partial charge >= 0.3 is 0 Å². The van der Waals surface area contributed by atoms with Crippen LogP contribution in [0.2, 0.25) is 0 Å². The highest BCUT2D eigenvalue weighted by Gasteiger charge is 2.36. The van der Waals surface area contributed by atoms with Crippen LogP contribution < -0.4 is 0 Å². The molecule has 2 saturated heterocycles. The molecule has 2 aromatic carbocycles. The highest BCUT2D eigenvalue weighted by molar-refractivity contribution is 7.10. The third-order valence-electron chi connectivity index (χ3n) is 7.20. The summed E-state index contributed by atoms with van der Waals surface area (Å²) in [5.74, 6) is -0.554. The minimum Gasteiger partial charge on any atom is -0.367 e. The first kappa shape index (κ1) is 24.3. The van der Waals surface area contributed by atoms with E-state index in [-0.39, 0.29) is 17.7 Å². The van der Waals surface area contributed by atoms with Crippen LogP contribution in [0.15, 0.2) is 72.1 Å². The standard InChI is InChI=1S/C29H32F2N2OS/c30-24-9-5-22(6-10-24)29(23-7-11-25(31)12-8-23)34-19-18-32-17-15-26-13-14-27(21-32)33(26)16-1-3-28-4-2-20-35-28/h1-12,20,26-27,29H,13-19,21H2/b3-1+. The predicted octanol–water partition coefficient (Wildman–Crippen LogP) is 6.38. The molecule has 2 fully saturated rings. The van der Waals surface area contributed by atoms with Gasteiger partial charge < -0.3 is 4.74 Å². The third kappa shape index (κ3) is 6.25. The first-order chi connectivity index (χ1) is 17.2. The second-order valence-electron chi connectivity index (χ2n) is 9.44. The molecule has 3 nitrogen and oxygen atoms in total. The van der Waals surface area contributed by atoms with Gasteiger partial charge in [-0.1, -0.05) is 36.4 Å². The molecule has 2 aliphatic heterocycles. The maximum atomic E-state index is 13.5. The molecule has 3 heterocycles. The Labute approximate surface area is 210 Å². The van der Waals surface area contributed by atoms with Crippen LogP contribution in [-0.2, 0) is 4.74 Å². The maximum absolute atomic E-state index is 13.5. The van der Waals surface area contributed by atoms with E-state index >= 15 is 0 Å². The Balaban J connectivity index is 1.18. The predicted molar refractivity (Wildman–Crippen MR) is 139 cm³/mol. The Morgan fingerprint density at radius 1 is 0.914 bits per heavy atom. The molecule has 5 rings (SSSR count). The van der Waals surface area contributed by atoms with Gasteiger partial charge in [0, 0.05) is 36.6 Å². The minimum atomic E-state index is -0.349. The van der Waals surface area contributed by atoms with E-state index in [1.54, 1.807) is 35.6 Å². The fourth-order valence-electron chi connectivity index (χ4n) is 5.38. The average molecular weight is 495 g/mol. The summed E-state index contributed by atoms with van der Waals surface area (Å²) < 4.78 is 33.3. The van der Waals surface area contributed by atoms with Crippen LogP contribution in [0.5, 0.6) is 0 Å². The van der Waals surface area contributed by atoms with Crippen molar-refractivity contribution in [2.75, 3.05) is 32.8 Å². The van der Waals surface area contributed by atoms with E-state index in [1.807, 2.05) is 0 Å². The lowest BCUT2D eigenvalue weighted by Crippen LogP contribution is -2.40. The van der Waals surface area contributed by atoms with Gasteiger partial charge in [0.05, 0.1) is 6.61 Å². The van der Waals surface area contributed by atoms with Gasteiger partial charge in [0.25, 0.3) is 0 Å². The summed E-state index contributed by atoms with van der Waals surface area (Å²) in [6.07, 6.45) is 7.93. The first-order valence-electron chi connectivity index (χ1n) is 12.5. The largest absolute Gasteiger partial charge is 0.367 e. The van der Waals surface area contributed by atoms with Crippen molar-refractivity contribution in [3.05, 3.63) is 99.8 Å². The summed E-state index contributed by atoms with van der Waals surface area (Å²) in [7, 11) is 0. The van der Waals surface area contributed by atoms with Gasteiger partial charge in [-0.2, -0.15) is 0 Å². The summed E-state index contributed by atoms with van der Waals surface area (Å²) >= 11 is 1.78. The van der Waals surface area contributed by atoms with Crippen molar-refractivity contribution in [1.29, 1.82) is 0 Å². The summed E-state index contributed by atoms with van der Waals surface area (Å²) in [4.78, 5) is 6.51.